The van der Waals surface area contributed by atoms with Gasteiger partial charge in [-0.25, -0.2) is 0 Å². The zero-order chi connectivity index (χ0) is 16.8. The molecule has 0 fully saturated rings. The van der Waals surface area contributed by atoms with Gasteiger partial charge in [-0.2, -0.15) is 0 Å². The molecule has 0 aromatic heterocycles. The second kappa shape index (κ2) is 7.45. The Morgan fingerprint density at radius 3 is 2.39 bits per heavy atom. The topological polar surface area (TPSA) is 57.5 Å². The highest BCUT2D eigenvalue weighted by Gasteiger charge is 2.06. The summed E-state index contributed by atoms with van der Waals surface area (Å²) in [7, 11) is 0. The molecule has 0 spiro atoms. The van der Waals surface area contributed by atoms with Gasteiger partial charge in [0.15, 0.2) is 5.78 Å². The summed E-state index contributed by atoms with van der Waals surface area (Å²) in [6.07, 6.45) is 5.79. The van der Waals surface area contributed by atoms with E-state index in [1.165, 1.54) is 6.08 Å². The number of aromatic hydroxyl groups is 2. The van der Waals surface area contributed by atoms with Crippen LogP contribution in [0.4, 0.5) is 0 Å². The third kappa shape index (κ3) is 4.85. The van der Waals surface area contributed by atoms with E-state index in [0.29, 0.717) is 12.0 Å². The Labute approximate surface area is 136 Å². The minimum atomic E-state index is -0.128. The molecule has 0 bridgehead atoms. The predicted octanol–water partition coefficient (Wildman–Crippen LogP) is 4.50. The van der Waals surface area contributed by atoms with Crippen molar-refractivity contribution in [3.8, 4) is 11.5 Å². The largest absolute Gasteiger partial charge is 0.508 e. The molecular weight excluding hydrogens is 288 g/mol. The van der Waals surface area contributed by atoms with Crippen LogP contribution in [0.3, 0.4) is 0 Å². The van der Waals surface area contributed by atoms with E-state index in [4.69, 9.17) is 0 Å². The molecule has 0 unspecified atom stereocenters. The first-order valence-corrected chi connectivity index (χ1v) is 7.42. The lowest BCUT2D eigenvalue weighted by molar-refractivity contribution is 0.104. The smallest absolute Gasteiger partial charge is 0.185 e. The first-order chi connectivity index (χ1) is 11.0. The maximum atomic E-state index is 12.3. The fraction of sp³-hybridized carbons (Fsp3) is 0.150. The lowest BCUT2D eigenvalue weighted by Gasteiger charge is -2.04. The molecular formula is C20H20O3. The van der Waals surface area contributed by atoms with Crippen molar-refractivity contribution in [2.45, 2.75) is 20.3 Å². The van der Waals surface area contributed by atoms with Crippen molar-refractivity contribution < 1.29 is 15.0 Å². The molecule has 2 aromatic carbocycles. The zero-order valence-corrected chi connectivity index (χ0v) is 13.3. The molecule has 3 nitrogen and oxygen atoms in total. The monoisotopic (exact) mass is 308 g/mol. The first kappa shape index (κ1) is 16.6. The molecule has 0 aliphatic carbocycles. The summed E-state index contributed by atoms with van der Waals surface area (Å²) < 4.78 is 0. The third-order valence-electron chi connectivity index (χ3n) is 3.41. The van der Waals surface area contributed by atoms with Gasteiger partial charge in [0.05, 0.1) is 0 Å². The summed E-state index contributed by atoms with van der Waals surface area (Å²) in [5.74, 6) is 0.258. The maximum absolute atomic E-state index is 12.3. The third-order valence-corrected chi connectivity index (χ3v) is 3.41. The van der Waals surface area contributed by atoms with Crippen LogP contribution in [0.1, 0.15) is 35.3 Å². The number of allylic oxidation sites excluding steroid dienone is 3. The Morgan fingerprint density at radius 1 is 1.04 bits per heavy atom. The fourth-order valence-electron chi connectivity index (χ4n) is 2.07. The summed E-state index contributed by atoms with van der Waals surface area (Å²) in [5, 5.41) is 19.1. The molecule has 0 heterocycles. The molecule has 3 heteroatoms. The van der Waals surface area contributed by atoms with Gasteiger partial charge in [0.1, 0.15) is 11.5 Å². The Morgan fingerprint density at radius 2 is 1.74 bits per heavy atom. The van der Waals surface area contributed by atoms with E-state index in [-0.39, 0.29) is 17.3 Å². The van der Waals surface area contributed by atoms with Gasteiger partial charge in [0.2, 0.25) is 0 Å². The number of benzene rings is 2. The molecule has 0 amide bonds. The standard InChI is InChI=1S/C20H20O3/c1-14(2)3-7-16-13-17(8-12-20(16)23)19(22)11-6-15-4-9-18(21)10-5-15/h3-6,8-13,21,23H,7H2,1-2H3/b11-6+. The van der Waals surface area contributed by atoms with Gasteiger partial charge >= 0.3 is 0 Å². The highest BCUT2D eigenvalue weighted by molar-refractivity contribution is 6.07. The normalized spacial score (nSPS) is 10.7. The van der Waals surface area contributed by atoms with Crippen molar-refractivity contribution in [1.82, 2.24) is 0 Å². The lowest BCUT2D eigenvalue weighted by Crippen LogP contribution is -1.96. The van der Waals surface area contributed by atoms with Crippen LogP contribution >= 0.6 is 0 Å². The molecule has 2 rings (SSSR count). The van der Waals surface area contributed by atoms with Crippen molar-refractivity contribution in [2.75, 3.05) is 0 Å². The molecule has 118 valence electrons. The van der Waals surface area contributed by atoms with E-state index in [1.807, 2.05) is 19.9 Å². The summed E-state index contributed by atoms with van der Waals surface area (Å²) in [6, 6.07) is 11.5. The van der Waals surface area contributed by atoms with Crippen molar-refractivity contribution in [3.63, 3.8) is 0 Å². The Bertz CT molecular complexity index is 749. The van der Waals surface area contributed by atoms with Crippen LogP contribution in [0.2, 0.25) is 0 Å². The van der Waals surface area contributed by atoms with E-state index in [2.05, 4.69) is 0 Å². The van der Waals surface area contributed by atoms with Crippen LogP contribution in [0.25, 0.3) is 6.08 Å². The van der Waals surface area contributed by atoms with E-state index in [9.17, 15) is 15.0 Å². The number of phenolic OH excluding ortho intramolecular Hbond substituents is 2. The molecule has 0 radical (unpaired) electrons. The molecule has 2 aromatic rings. The number of carbonyl (C=O) groups is 1. The van der Waals surface area contributed by atoms with Crippen LogP contribution in [-0.4, -0.2) is 16.0 Å². The Balaban J connectivity index is 2.17. The van der Waals surface area contributed by atoms with E-state index in [0.717, 1.165) is 16.7 Å². The van der Waals surface area contributed by atoms with Crippen LogP contribution in [0, 0.1) is 0 Å². The second-order valence-electron chi connectivity index (χ2n) is 5.62. The van der Waals surface area contributed by atoms with Crippen molar-refractivity contribution in [1.29, 1.82) is 0 Å². The summed E-state index contributed by atoms with van der Waals surface area (Å²) in [4.78, 5) is 12.3. The maximum Gasteiger partial charge on any atom is 0.185 e. The van der Waals surface area contributed by atoms with Crippen molar-refractivity contribution in [3.05, 3.63) is 76.9 Å². The van der Waals surface area contributed by atoms with Crippen LogP contribution in [-0.2, 0) is 6.42 Å². The zero-order valence-electron chi connectivity index (χ0n) is 13.3. The van der Waals surface area contributed by atoms with Gasteiger partial charge < -0.3 is 10.2 Å². The Kier molecular flexibility index (Phi) is 5.36. The van der Waals surface area contributed by atoms with E-state index in [1.54, 1.807) is 48.5 Å². The highest BCUT2D eigenvalue weighted by atomic mass is 16.3. The quantitative estimate of drug-likeness (QED) is 0.485. The van der Waals surface area contributed by atoms with Gasteiger partial charge in [-0.05, 0) is 67.8 Å². The number of phenols is 2. The highest BCUT2D eigenvalue weighted by Crippen LogP contribution is 2.21. The number of carbonyl (C=O) groups excluding carboxylic acids is 1. The average Bonchev–Trinajstić information content (AvgIpc) is 2.53. The summed E-state index contributed by atoms with van der Waals surface area (Å²) in [5.41, 5.74) is 3.26. The van der Waals surface area contributed by atoms with Crippen molar-refractivity contribution >= 4 is 11.9 Å². The number of hydrogen-bond donors (Lipinski definition) is 2. The van der Waals surface area contributed by atoms with Gasteiger partial charge in [-0.3, -0.25) is 4.79 Å². The van der Waals surface area contributed by atoms with Crippen LogP contribution in [0.15, 0.2) is 60.2 Å². The SMILES string of the molecule is CC(C)=CCc1cc(C(=O)/C=C/c2ccc(O)cc2)ccc1O. The molecule has 0 aliphatic heterocycles. The van der Waals surface area contributed by atoms with Gasteiger partial charge in [0.25, 0.3) is 0 Å². The average molecular weight is 308 g/mol. The van der Waals surface area contributed by atoms with E-state index < -0.39 is 0 Å². The molecule has 2 N–H and O–H groups in total. The number of rotatable bonds is 5. The Hall–Kier alpha value is -2.81. The van der Waals surface area contributed by atoms with Gasteiger partial charge in [0, 0.05) is 5.56 Å². The molecule has 0 saturated carbocycles. The van der Waals surface area contributed by atoms with Gasteiger partial charge in [-0.1, -0.05) is 29.9 Å². The lowest BCUT2D eigenvalue weighted by atomic mass is 10.0. The van der Waals surface area contributed by atoms with Crippen LogP contribution in [0.5, 0.6) is 11.5 Å². The van der Waals surface area contributed by atoms with Gasteiger partial charge in [-0.15, -0.1) is 0 Å². The summed E-state index contributed by atoms with van der Waals surface area (Å²) >= 11 is 0. The van der Waals surface area contributed by atoms with Crippen LogP contribution < -0.4 is 0 Å². The molecule has 0 aliphatic rings. The molecule has 0 saturated heterocycles. The number of hydrogen-bond acceptors (Lipinski definition) is 3. The molecule has 23 heavy (non-hydrogen) atoms. The minimum absolute atomic E-state index is 0.128. The van der Waals surface area contributed by atoms with E-state index >= 15 is 0 Å². The van der Waals surface area contributed by atoms with Crippen molar-refractivity contribution in [2.24, 2.45) is 0 Å². The number of ketones is 1. The fourth-order valence-corrected chi connectivity index (χ4v) is 2.07. The first-order valence-electron chi connectivity index (χ1n) is 7.42. The molecule has 0 atom stereocenters. The minimum Gasteiger partial charge on any atom is -0.508 e. The second-order valence-corrected chi connectivity index (χ2v) is 5.62. The predicted molar refractivity (Wildman–Crippen MR) is 92.7 cm³/mol. The summed E-state index contributed by atoms with van der Waals surface area (Å²) in [6.45, 7) is 3.99.